The molecule has 0 bridgehead atoms. The van der Waals surface area contributed by atoms with Gasteiger partial charge in [-0.3, -0.25) is 4.79 Å². The molecule has 1 aromatic heterocycles. The van der Waals surface area contributed by atoms with Gasteiger partial charge in [-0.15, -0.1) is 0 Å². The summed E-state index contributed by atoms with van der Waals surface area (Å²) in [5.74, 6) is 0.381. The van der Waals surface area contributed by atoms with Crippen molar-refractivity contribution in [2.24, 2.45) is 0 Å². The molecular formula is C24H26FN3O4. The molecule has 7 nitrogen and oxygen atoms in total. The highest BCUT2D eigenvalue weighted by Gasteiger charge is 2.12. The first-order valence-corrected chi connectivity index (χ1v) is 10.2. The van der Waals surface area contributed by atoms with Crippen LogP contribution in [0.5, 0.6) is 5.75 Å². The van der Waals surface area contributed by atoms with Crippen LogP contribution in [0.25, 0.3) is 0 Å². The highest BCUT2D eigenvalue weighted by Crippen LogP contribution is 2.20. The fraction of sp³-hybridized carbons (Fsp3) is 0.292. The van der Waals surface area contributed by atoms with Gasteiger partial charge >= 0.3 is 0 Å². The van der Waals surface area contributed by atoms with Crippen LogP contribution >= 0.6 is 0 Å². The monoisotopic (exact) mass is 439 g/mol. The van der Waals surface area contributed by atoms with Crippen molar-refractivity contribution in [2.45, 2.75) is 25.9 Å². The van der Waals surface area contributed by atoms with E-state index in [0.29, 0.717) is 36.7 Å². The number of aromatic nitrogens is 2. The summed E-state index contributed by atoms with van der Waals surface area (Å²) in [5, 5.41) is 12.3. The quantitative estimate of drug-likeness (QED) is 0.442. The van der Waals surface area contributed by atoms with Crippen LogP contribution in [0.3, 0.4) is 0 Å². The Labute approximate surface area is 186 Å². The third-order valence-electron chi connectivity index (χ3n) is 4.67. The molecule has 3 rings (SSSR count). The first-order chi connectivity index (χ1) is 15.4. The SMILES string of the molecule is COCCOc1ccc(Cc2ncc(F)c(Nc3cccc(CC(=O)C(C)O)c3)n2)cc1. The molecule has 168 valence electrons. The van der Waals surface area contributed by atoms with Gasteiger partial charge in [0.05, 0.1) is 12.8 Å². The lowest BCUT2D eigenvalue weighted by Gasteiger charge is -2.10. The Bertz CT molecular complexity index is 1040. The molecule has 0 fully saturated rings. The number of benzene rings is 2. The van der Waals surface area contributed by atoms with E-state index in [1.165, 1.54) is 6.92 Å². The second kappa shape index (κ2) is 11.3. The lowest BCUT2D eigenvalue weighted by molar-refractivity contribution is -0.125. The number of nitrogens with one attached hydrogen (secondary N) is 1. The summed E-state index contributed by atoms with van der Waals surface area (Å²) < 4.78 is 24.8. The lowest BCUT2D eigenvalue weighted by atomic mass is 10.1. The molecule has 0 saturated carbocycles. The number of carbonyl (C=O) groups excluding carboxylic acids is 1. The molecule has 2 aromatic carbocycles. The van der Waals surface area contributed by atoms with Gasteiger partial charge in [-0.05, 0) is 42.3 Å². The van der Waals surface area contributed by atoms with Gasteiger partial charge < -0.3 is 19.9 Å². The smallest absolute Gasteiger partial charge is 0.184 e. The Balaban J connectivity index is 1.68. The molecule has 0 aliphatic heterocycles. The zero-order valence-electron chi connectivity index (χ0n) is 18.0. The van der Waals surface area contributed by atoms with Crippen LogP contribution in [-0.4, -0.2) is 47.3 Å². The largest absolute Gasteiger partial charge is 0.491 e. The Kier molecular flexibility index (Phi) is 8.24. The zero-order chi connectivity index (χ0) is 22.9. The van der Waals surface area contributed by atoms with Crippen molar-refractivity contribution >= 4 is 17.3 Å². The third kappa shape index (κ3) is 6.83. The van der Waals surface area contributed by atoms with Gasteiger partial charge in [0, 0.05) is 25.6 Å². The minimum Gasteiger partial charge on any atom is -0.491 e. The maximum atomic E-state index is 14.3. The number of aliphatic hydroxyl groups excluding tert-OH is 1. The maximum Gasteiger partial charge on any atom is 0.184 e. The number of Topliss-reactive ketones (excluding diaryl/α,β-unsaturated/α-hetero) is 1. The third-order valence-corrected chi connectivity index (χ3v) is 4.67. The van der Waals surface area contributed by atoms with Gasteiger partial charge in [0.1, 0.15) is 24.3 Å². The van der Waals surface area contributed by atoms with E-state index in [2.05, 4.69) is 15.3 Å². The van der Waals surface area contributed by atoms with Crippen molar-refractivity contribution in [1.29, 1.82) is 0 Å². The predicted molar refractivity (Wildman–Crippen MR) is 119 cm³/mol. The summed E-state index contributed by atoms with van der Waals surface area (Å²) in [6, 6.07) is 14.5. The van der Waals surface area contributed by atoms with Crippen molar-refractivity contribution in [1.82, 2.24) is 9.97 Å². The van der Waals surface area contributed by atoms with Crippen LogP contribution in [-0.2, 0) is 22.4 Å². The number of rotatable bonds is 11. The second-order valence-corrected chi connectivity index (χ2v) is 7.29. The lowest BCUT2D eigenvalue weighted by Crippen LogP contribution is -2.18. The first kappa shape index (κ1) is 23.3. The summed E-state index contributed by atoms with van der Waals surface area (Å²) in [4.78, 5) is 20.2. The Morgan fingerprint density at radius 3 is 2.66 bits per heavy atom. The van der Waals surface area contributed by atoms with Gasteiger partial charge in [0.2, 0.25) is 0 Å². The standard InChI is InChI=1S/C24H26FN3O4/c1-16(29)22(30)13-18-4-3-5-19(12-18)27-24-21(25)15-26-23(28-24)14-17-6-8-20(9-7-17)32-11-10-31-2/h3-9,12,15-16,29H,10-11,13-14H2,1-2H3,(H,26,27,28). The van der Waals surface area contributed by atoms with Gasteiger partial charge in [-0.2, -0.15) is 0 Å². The number of carbonyl (C=O) groups is 1. The van der Waals surface area contributed by atoms with Crippen molar-refractivity contribution in [3.8, 4) is 5.75 Å². The Hall–Kier alpha value is -3.36. The van der Waals surface area contributed by atoms with E-state index in [-0.39, 0.29) is 18.0 Å². The van der Waals surface area contributed by atoms with E-state index in [4.69, 9.17) is 9.47 Å². The van der Waals surface area contributed by atoms with Crippen molar-refractivity contribution in [3.63, 3.8) is 0 Å². The van der Waals surface area contributed by atoms with Crippen molar-refractivity contribution in [3.05, 3.63) is 77.5 Å². The molecule has 1 unspecified atom stereocenters. The number of nitrogens with zero attached hydrogens (tertiary/aromatic N) is 2. The molecule has 0 amide bonds. The number of hydrogen-bond donors (Lipinski definition) is 2. The van der Waals surface area contributed by atoms with Gasteiger partial charge in [0.15, 0.2) is 17.4 Å². The maximum absolute atomic E-state index is 14.3. The molecule has 0 aliphatic rings. The van der Waals surface area contributed by atoms with E-state index >= 15 is 0 Å². The van der Waals surface area contributed by atoms with Crippen LogP contribution in [0.2, 0.25) is 0 Å². The van der Waals surface area contributed by atoms with Gasteiger partial charge in [0.25, 0.3) is 0 Å². The number of ketones is 1. The molecule has 3 aromatic rings. The fourth-order valence-corrected chi connectivity index (χ4v) is 2.95. The molecule has 1 atom stereocenters. The van der Waals surface area contributed by atoms with Crippen LogP contribution in [0, 0.1) is 5.82 Å². The van der Waals surface area contributed by atoms with E-state index in [9.17, 15) is 14.3 Å². The molecule has 0 saturated heterocycles. The topological polar surface area (TPSA) is 93.6 Å². The summed E-state index contributed by atoms with van der Waals surface area (Å²) in [7, 11) is 1.62. The number of hydrogen-bond acceptors (Lipinski definition) is 7. The Morgan fingerprint density at radius 1 is 1.16 bits per heavy atom. The molecular weight excluding hydrogens is 413 g/mol. The summed E-state index contributed by atoms with van der Waals surface area (Å²) in [6.45, 7) is 2.42. The number of ether oxygens (including phenoxy) is 2. The normalized spacial score (nSPS) is 11.8. The molecule has 8 heteroatoms. The fourth-order valence-electron chi connectivity index (χ4n) is 2.95. The van der Waals surface area contributed by atoms with E-state index in [1.54, 1.807) is 31.4 Å². The minimum absolute atomic E-state index is 0.0496. The zero-order valence-corrected chi connectivity index (χ0v) is 18.0. The molecule has 1 heterocycles. The summed E-state index contributed by atoms with van der Waals surface area (Å²) in [6.07, 6.45) is 0.624. The predicted octanol–water partition coefficient (Wildman–Crippen LogP) is 3.47. The van der Waals surface area contributed by atoms with Gasteiger partial charge in [-0.1, -0.05) is 24.3 Å². The van der Waals surface area contributed by atoms with Crippen LogP contribution in [0.4, 0.5) is 15.9 Å². The highest BCUT2D eigenvalue weighted by atomic mass is 19.1. The molecule has 2 N–H and O–H groups in total. The summed E-state index contributed by atoms with van der Waals surface area (Å²) >= 11 is 0. The second-order valence-electron chi connectivity index (χ2n) is 7.29. The number of aliphatic hydroxyl groups is 1. The summed E-state index contributed by atoms with van der Waals surface area (Å²) in [5.41, 5.74) is 2.26. The van der Waals surface area contributed by atoms with Crippen molar-refractivity contribution in [2.75, 3.05) is 25.6 Å². The van der Waals surface area contributed by atoms with Crippen LogP contribution < -0.4 is 10.1 Å². The average molecular weight is 439 g/mol. The van der Waals surface area contributed by atoms with E-state index < -0.39 is 11.9 Å². The van der Waals surface area contributed by atoms with Gasteiger partial charge in [-0.25, -0.2) is 14.4 Å². The minimum atomic E-state index is -1.03. The Morgan fingerprint density at radius 2 is 1.94 bits per heavy atom. The molecule has 32 heavy (non-hydrogen) atoms. The molecule has 0 spiro atoms. The van der Waals surface area contributed by atoms with E-state index in [1.807, 2.05) is 24.3 Å². The van der Waals surface area contributed by atoms with E-state index in [0.717, 1.165) is 17.5 Å². The van der Waals surface area contributed by atoms with Crippen LogP contribution in [0.1, 0.15) is 23.9 Å². The number of halogens is 1. The first-order valence-electron chi connectivity index (χ1n) is 10.2. The average Bonchev–Trinajstić information content (AvgIpc) is 2.77. The van der Waals surface area contributed by atoms with Crippen molar-refractivity contribution < 1.29 is 23.8 Å². The van der Waals surface area contributed by atoms with Crippen LogP contribution in [0.15, 0.2) is 54.7 Å². The molecule has 0 radical (unpaired) electrons. The highest BCUT2D eigenvalue weighted by molar-refractivity contribution is 5.84. The number of methoxy groups -OCH3 is 1. The molecule has 0 aliphatic carbocycles. The number of anilines is 2.